The zero-order valence-electron chi connectivity index (χ0n) is 12.1. The average molecular weight is 239 g/mol. The first-order valence-electron chi connectivity index (χ1n) is 7.63. The third-order valence-electron chi connectivity index (χ3n) is 3.52. The van der Waals surface area contributed by atoms with Crippen molar-refractivity contribution in [2.45, 2.75) is 83.6 Å². The normalized spacial score (nSPS) is 12.6. The Morgan fingerprint density at radius 2 is 1.47 bits per heavy atom. The lowest BCUT2D eigenvalue weighted by Gasteiger charge is -2.13. The molecule has 17 heavy (non-hydrogen) atoms. The molecule has 0 fully saturated rings. The summed E-state index contributed by atoms with van der Waals surface area (Å²) in [6.45, 7) is 6.08. The minimum absolute atomic E-state index is 0.650. The first kappa shape index (κ1) is 16.7. The van der Waals surface area contributed by atoms with Gasteiger partial charge in [0.1, 0.15) is 0 Å². The van der Waals surface area contributed by atoms with Crippen LogP contribution in [0.2, 0.25) is 0 Å². The number of hydrogen-bond donors (Lipinski definition) is 1. The van der Waals surface area contributed by atoms with Crippen molar-refractivity contribution in [2.24, 2.45) is 0 Å². The van der Waals surface area contributed by atoms with E-state index in [0.717, 1.165) is 6.42 Å². The third kappa shape index (κ3) is 12.0. The quantitative estimate of drug-likeness (QED) is 0.349. The first-order valence-corrected chi connectivity index (χ1v) is 7.63. The summed E-state index contributed by atoms with van der Waals surface area (Å²) < 4.78 is 0. The van der Waals surface area contributed by atoms with Crippen LogP contribution in [0, 0.1) is 0 Å². The van der Waals surface area contributed by atoms with Gasteiger partial charge in [-0.3, -0.25) is 0 Å². The molecule has 0 aromatic rings. The van der Waals surface area contributed by atoms with E-state index >= 15 is 0 Å². The Bertz CT molecular complexity index is 154. The molecule has 1 N–H and O–H groups in total. The smallest absolute Gasteiger partial charge is 0.00984 e. The Kier molecular flexibility index (Phi) is 13.5. The van der Waals surface area contributed by atoms with E-state index in [1.54, 1.807) is 0 Å². The van der Waals surface area contributed by atoms with E-state index in [2.05, 4.69) is 25.9 Å². The van der Waals surface area contributed by atoms with Crippen LogP contribution in [0.5, 0.6) is 0 Å². The SMILES string of the molecule is C=CCC(CCCCCCCCCCC)NC. The Morgan fingerprint density at radius 3 is 1.94 bits per heavy atom. The van der Waals surface area contributed by atoms with E-state index in [9.17, 15) is 0 Å². The molecule has 0 saturated carbocycles. The van der Waals surface area contributed by atoms with Crippen LogP contribution in [0.1, 0.15) is 77.6 Å². The lowest BCUT2D eigenvalue weighted by Crippen LogP contribution is -2.24. The molecule has 0 radical (unpaired) electrons. The monoisotopic (exact) mass is 239 g/mol. The van der Waals surface area contributed by atoms with Gasteiger partial charge in [-0.25, -0.2) is 0 Å². The minimum Gasteiger partial charge on any atom is -0.317 e. The highest BCUT2D eigenvalue weighted by molar-refractivity contribution is 4.76. The summed E-state index contributed by atoms with van der Waals surface area (Å²) in [6, 6.07) is 0.650. The van der Waals surface area contributed by atoms with Gasteiger partial charge in [-0.2, -0.15) is 0 Å². The van der Waals surface area contributed by atoms with Gasteiger partial charge in [-0.15, -0.1) is 6.58 Å². The van der Waals surface area contributed by atoms with Crippen molar-refractivity contribution in [1.82, 2.24) is 5.32 Å². The molecule has 0 rings (SSSR count). The van der Waals surface area contributed by atoms with E-state index in [1.165, 1.54) is 64.2 Å². The second-order valence-corrected chi connectivity index (χ2v) is 5.13. The van der Waals surface area contributed by atoms with Crippen molar-refractivity contribution in [1.29, 1.82) is 0 Å². The molecule has 0 spiro atoms. The van der Waals surface area contributed by atoms with Gasteiger partial charge in [0.2, 0.25) is 0 Å². The number of hydrogen-bond acceptors (Lipinski definition) is 1. The highest BCUT2D eigenvalue weighted by Gasteiger charge is 2.02. The zero-order chi connectivity index (χ0) is 12.8. The van der Waals surface area contributed by atoms with E-state index in [1.807, 2.05) is 6.08 Å². The molecule has 102 valence electrons. The molecule has 0 aliphatic carbocycles. The molecule has 0 aromatic carbocycles. The number of unbranched alkanes of at least 4 members (excludes halogenated alkanes) is 8. The standard InChI is InChI=1S/C16H33N/c1-4-6-7-8-9-10-11-12-13-15-16(17-3)14-5-2/h5,16-17H,2,4,6-15H2,1,3H3. The molecule has 0 aliphatic rings. The van der Waals surface area contributed by atoms with Gasteiger partial charge in [0.05, 0.1) is 0 Å². The van der Waals surface area contributed by atoms with Crippen molar-refractivity contribution in [3.63, 3.8) is 0 Å². The summed E-state index contributed by atoms with van der Waals surface area (Å²) in [4.78, 5) is 0. The number of rotatable bonds is 13. The van der Waals surface area contributed by atoms with Crippen LogP contribution in [-0.2, 0) is 0 Å². The van der Waals surface area contributed by atoms with Gasteiger partial charge in [0.25, 0.3) is 0 Å². The van der Waals surface area contributed by atoms with Crippen molar-refractivity contribution < 1.29 is 0 Å². The Labute approximate surface area is 109 Å². The van der Waals surface area contributed by atoms with Gasteiger partial charge in [0, 0.05) is 6.04 Å². The molecule has 0 aliphatic heterocycles. The summed E-state index contributed by atoms with van der Waals surface area (Å²) in [5.74, 6) is 0. The summed E-state index contributed by atoms with van der Waals surface area (Å²) in [7, 11) is 2.06. The fraction of sp³-hybridized carbons (Fsp3) is 0.875. The van der Waals surface area contributed by atoms with Gasteiger partial charge in [-0.05, 0) is 19.9 Å². The summed E-state index contributed by atoms with van der Waals surface area (Å²) in [5, 5.41) is 3.36. The topological polar surface area (TPSA) is 12.0 Å². The molecular formula is C16H33N. The second-order valence-electron chi connectivity index (χ2n) is 5.13. The van der Waals surface area contributed by atoms with E-state index < -0.39 is 0 Å². The summed E-state index contributed by atoms with van der Waals surface area (Å²) in [5.41, 5.74) is 0. The molecular weight excluding hydrogens is 206 g/mol. The maximum atomic E-state index is 3.80. The molecule has 0 saturated heterocycles. The van der Waals surface area contributed by atoms with Crippen molar-refractivity contribution in [3.8, 4) is 0 Å². The predicted octanol–water partition coefficient (Wildman–Crippen LogP) is 5.07. The van der Waals surface area contributed by atoms with Crippen LogP contribution < -0.4 is 5.32 Å². The second kappa shape index (κ2) is 13.8. The van der Waals surface area contributed by atoms with E-state index in [4.69, 9.17) is 0 Å². The molecule has 1 unspecified atom stereocenters. The molecule has 0 heterocycles. The van der Waals surface area contributed by atoms with Gasteiger partial charge < -0.3 is 5.32 Å². The zero-order valence-corrected chi connectivity index (χ0v) is 12.1. The Hall–Kier alpha value is -0.300. The fourth-order valence-corrected chi connectivity index (χ4v) is 2.28. The van der Waals surface area contributed by atoms with Crippen LogP contribution >= 0.6 is 0 Å². The van der Waals surface area contributed by atoms with Crippen molar-refractivity contribution in [3.05, 3.63) is 12.7 Å². The van der Waals surface area contributed by atoms with Crippen LogP contribution in [0.4, 0.5) is 0 Å². The van der Waals surface area contributed by atoms with Gasteiger partial charge in [-0.1, -0.05) is 70.8 Å². The lowest BCUT2D eigenvalue weighted by atomic mass is 10.0. The van der Waals surface area contributed by atoms with Crippen LogP contribution in [0.3, 0.4) is 0 Å². The Morgan fingerprint density at radius 1 is 0.941 bits per heavy atom. The Balaban J connectivity index is 3.14. The molecule has 0 bridgehead atoms. The van der Waals surface area contributed by atoms with Crippen molar-refractivity contribution >= 4 is 0 Å². The minimum atomic E-state index is 0.650. The van der Waals surface area contributed by atoms with Crippen molar-refractivity contribution in [2.75, 3.05) is 7.05 Å². The molecule has 0 aromatic heterocycles. The van der Waals surface area contributed by atoms with Gasteiger partial charge in [0.15, 0.2) is 0 Å². The van der Waals surface area contributed by atoms with Crippen LogP contribution in [0.15, 0.2) is 12.7 Å². The lowest BCUT2D eigenvalue weighted by molar-refractivity contribution is 0.482. The average Bonchev–Trinajstić information content (AvgIpc) is 2.35. The largest absolute Gasteiger partial charge is 0.317 e. The predicted molar refractivity (Wildman–Crippen MR) is 79.5 cm³/mol. The highest BCUT2D eigenvalue weighted by atomic mass is 14.9. The molecule has 0 amide bonds. The number of nitrogens with one attached hydrogen (secondary N) is 1. The fourth-order valence-electron chi connectivity index (χ4n) is 2.28. The van der Waals surface area contributed by atoms with Crippen LogP contribution in [0.25, 0.3) is 0 Å². The maximum absolute atomic E-state index is 3.80. The van der Waals surface area contributed by atoms with E-state index in [0.29, 0.717) is 6.04 Å². The van der Waals surface area contributed by atoms with Gasteiger partial charge >= 0.3 is 0 Å². The summed E-state index contributed by atoms with van der Waals surface area (Å²) >= 11 is 0. The molecule has 1 nitrogen and oxygen atoms in total. The third-order valence-corrected chi connectivity index (χ3v) is 3.52. The first-order chi connectivity index (χ1) is 8.35. The maximum Gasteiger partial charge on any atom is 0.00984 e. The van der Waals surface area contributed by atoms with Crippen LogP contribution in [-0.4, -0.2) is 13.1 Å². The van der Waals surface area contributed by atoms with E-state index in [-0.39, 0.29) is 0 Å². The molecule has 1 atom stereocenters. The molecule has 1 heteroatoms. The highest BCUT2D eigenvalue weighted by Crippen LogP contribution is 2.12. The summed E-state index contributed by atoms with van der Waals surface area (Å²) in [6.07, 6.45) is 17.2.